The lowest BCUT2D eigenvalue weighted by Crippen LogP contribution is -2.15. The number of methoxy groups -OCH3 is 1. The van der Waals surface area contributed by atoms with Crippen molar-refractivity contribution in [1.29, 1.82) is 0 Å². The third-order valence-electron chi connectivity index (χ3n) is 3.45. The van der Waals surface area contributed by atoms with Crippen LogP contribution in [0.3, 0.4) is 0 Å². The second-order valence-corrected chi connectivity index (χ2v) is 7.50. The van der Waals surface area contributed by atoms with Gasteiger partial charge in [0.15, 0.2) is 11.0 Å². The van der Waals surface area contributed by atoms with E-state index < -0.39 is 0 Å². The van der Waals surface area contributed by atoms with Crippen LogP contribution in [0.2, 0.25) is 0 Å². The molecule has 3 aromatic rings. The van der Waals surface area contributed by atoms with E-state index in [1.54, 1.807) is 18.3 Å². The fourth-order valence-corrected chi connectivity index (χ4v) is 3.88. The van der Waals surface area contributed by atoms with Crippen molar-refractivity contribution in [2.45, 2.75) is 24.3 Å². The summed E-state index contributed by atoms with van der Waals surface area (Å²) in [6.07, 6.45) is 0. The first-order valence-corrected chi connectivity index (χ1v) is 9.17. The predicted molar refractivity (Wildman–Crippen MR) is 96.7 cm³/mol. The molecule has 0 unspecified atom stereocenters. The van der Waals surface area contributed by atoms with Gasteiger partial charge in [0, 0.05) is 0 Å². The Morgan fingerprint density at radius 1 is 1.29 bits per heavy atom. The van der Waals surface area contributed by atoms with Crippen molar-refractivity contribution in [3.63, 3.8) is 0 Å². The summed E-state index contributed by atoms with van der Waals surface area (Å²) in [5, 5.41) is 11.0. The van der Waals surface area contributed by atoms with Gasteiger partial charge >= 0.3 is 5.97 Å². The number of rotatable bonds is 5. The summed E-state index contributed by atoms with van der Waals surface area (Å²) in [6, 6.07) is 12.1. The predicted octanol–water partition coefficient (Wildman–Crippen LogP) is 3.96. The molecular weight excluding hydrogens is 342 g/mol. The summed E-state index contributed by atoms with van der Waals surface area (Å²) in [7, 11) is 1.39. The lowest BCUT2D eigenvalue weighted by atomic mass is 10.2. The van der Waals surface area contributed by atoms with E-state index in [2.05, 4.69) is 16.3 Å². The van der Waals surface area contributed by atoms with Crippen LogP contribution < -0.4 is 0 Å². The van der Waals surface area contributed by atoms with E-state index in [0.29, 0.717) is 5.16 Å². The minimum atomic E-state index is -0.362. The SMILES string of the molecule is COC(=O)[C@@H](C)Sc1nnc(-c2cccs2)n1-c1cccc(C)c1. The van der Waals surface area contributed by atoms with Gasteiger partial charge in [-0.3, -0.25) is 9.36 Å². The Balaban J connectivity index is 2.08. The Morgan fingerprint density at radius 3 is 2.79 bits per heavy atom. The van der Waals surface area contributed by atoms with Crippen LogP contribution in [0.4, 0.5) is 0 Å². The van der Waals surface area contributed by atoms with Crippen LogP contribution in [0.25, 0.3) is 16.4 Å². The van der Waals surface area contributed by atoms with Crippen molar-refractivity contribution in [1.82, 2.24) is 14.8 Å². The Kier molecular flexibility index (Phi) is 5.01. The van der Waals surface area contributed by atoms with Gasteiger partial charge in [-0.15, -0.1) is 21.5 Å². The number of carbonyl (C=O) groups excluding carboxylic acids is 1. The molecule has 0 spiro atoms. The molecule has 1 aromatic carbocycles. The number of thioether (sulfide) groups is 1. The number of carbonyl (C=O) groups is 1. The van der Waals surface area contributed by atoms with Crippen molar-refractivity contribution in [3.05, 3.63) is 47.3 Å². The zero-order chi connectivity index (χ0) is 17.1. The first-order valence-electron chi connectivity index (χ1n) is 7.41. The van der Waals surface area contributed by atoms with Gasteiger partial charge in [-0.05, 0) is 43.0 Å². The molecule has 124 valence electrons. The zero-order valence-electron chi connectivity index (χ0n) is 13.6. The third-order valence-corrected chi connectivity index (χ3v) is 5.34. The van der Waals surface area contributed by atoms with E-state index >= 15 is 0 Å². The standard InChI is InChI=1S/C17H17N3O2S2/c1-11-6-4-7-13(10-11)20-15(14-8-5-9-23-14)18-19-17(20)24-12(2)16(21)22-3/h4-10,12H,1-3H3/t12-/m1/s1. The molecule has 0 radical (unpaired) electrons. The molecule has 0 saturated carbocycles. The number of thiophene rings is 1. The molecule has 0 fully saturated rings. The summed E-state index contributed by atoms with van der Waals surface area (Å²) < 4.78 is 6.80. The molecule has 2 aromatic heterocycles. The largest absolute Gasteiger partial charge is 0.468 e. The van der Waals surface area contributed by atoms with Gasteiger partial charge in [0.05, 0.1) is 17.7 Å². The van der Waals surface area contributed by atoms with Crippen LogP contribution in [-0.2, 0) is 9.53 Å². The van der Waals surface area contributed by atoms with Gasteiger partial charge in [-0.1, -0.05) is 30.0 Å². The molecule has 3 rings (SSSR count). The normalized spacial score (nSPS) is 12.1. The lowest BCUT2D eigenvalue weighted by molar-refractivity contribution is -0.139. The van der Waals surface area contributed by atoms with Crippen LogP contribution in [-0.4, -0.2) is 33.1 Å². The second-order valence-electron chi connectivity index (χ2n) is 5.24. The fourth-order valence-electron chi connectivity index (χ4n) is 2.28. The zero-order valence-corrected chi connectivity index (χ0v) is 15.2. The second kappa shape index (κ2) is 7.19. The van der Waals surface area contributed by atoms with Crippen molar-refractivity contribution >= 4 is 29.1 Å². The minimum absolute atomic E-state index is 0.281. The maximum atomic E-state index is 11.8. The summed E-state index contributed by atoms with van der Waals surface area (Å²) >= 11 is 2.95. The Morgan fingerprint density at radius 2 is 2.12 bits per heavy atom. The molecule has 1 atom stereocenters. The number of benzene rings is 1. The number of aryl methyl sites for hydroxylation is 1. The van der Waals surface area contributed by atoms with Crippen LogP contribution in [0.15, 0.2) is 46.9 Å². The highest BCUT2D eigenvalue weighted by molar-refractivity contribution is 8.00. The molecule has 5 nitrogen and oxygen atoms in total. The average molecular weight is 359 g/mol. The molecule has 0 N–H and O–H groups in total. The molecule has 0 aliphatic carbocycles. The molecule has 7 heteroatoms. The molecule has 24 heavy (non-hydrogen) atoms. The van der Waals surface area contributed by atoms with Crippen LogP contribution >= 0.6 is 23.1 Å². The average Bonchev–Trinajstić information content (AvgIpc) is 3.23. The topological polar surface area (TPSA) is 57.0 Å². The smallest absolute Gasteiger partial charge is 0.318 e. The number of hydrogen-bond acceptors (Lipinski definition) is 6. The first kappa shape index (κ1) is 16.7. The van der Waals surface area contributed by atoms with E-state index in [4.69, 9.17) is 4.74 Å². The number of ether oxygens (including phenoxy) is 1. The van der Waals surface area contributed by atoms with Gasteiger partial charge < -0.3 is 4.74 Å². The van der Waals surface area contributed by atoms with Crippen LogP contribution in [0.1, 0.15) is 12.5 Å². The highest BCUT2D eigenvalue weighted by atomic mass is 32.2. The molecular formula is C17H17N3O2S2. The highest BCUT2D eigenvalue weighted by Crippen LogP contribution is 2.32. The van der Waals surface area contributed by atoms with Gasteiger partial charge in [0.1, 0.15) is 5.25 Å². The van der Waals surface area contributed by atoms with Gasteiger partial charge in [-0.25, -0.2) is 0 Å². The maximum Gasteiger partial charge on any atom is 0.318 e. The highest BCUT2D eigenvalue weighted by Gasteiger charge is 2.22. The van der Waals surface area contributed by atoms with E-state index in [1.165, 1.54) is 18.9 Å². The lowest BCUT2D eigenvalue weighted by Gasteiger charge is -2.12. The summed E-state index contributed by atoms with van der Waals surface area (Å²) in [5.74, 6) is 0.492. The van der Waals surface area contributed by atoms with Crippen LogP contribution in [0, 0.1) is 6.92 Å². The summed E-state index contributed by atoms with van der Waals surface area (Å²) in [6.45, 7) is 3.85. The monoisotopic (exact) mass is 359 g/mol. The quantitative estimate of drug-likeness (QED) is 0.510. The number of nitrogens with zero attached hydrogens (tertiary/aromatic N) is 3. The summed E-state index contributed by atoms with van der Waals surface area (Å²) in [4.78, 5) is 12.8. The van der Waals surface area contributed by atoms with Crippen molar-refractivity contribution in [2.75, 3.05) is 7.11 Å². The number of esters is 1. The van der Waals surface area contributed by atoms with E-state index in [-0.39, 0.29) is 11.2 Å². The minimum Gasteiger partial charge on any atom is -0.468 e. The molecule has 0 saturated heterocycles. The molecule has 0 aliphatic rings. The molecule has 2 heterocycles. The van der Waals surface area contributed by atoms with Gasteiger partial charge in [0.25, 0.3) is 0 Å². The van der Waals surface area contributed by atoms with Crippen LogP contribution in [0.5, 0.6) is 0 Å². The van der Waals surface area contributed by atoms with Crippen molar-refractivity contribution in [2.24, 2.45) is 0 Å². The van der Waals surface area contributed by atoms with E-state index in [0.717, 1.165) is 22.0 Å². The molecule has 0 amide bonds. The van der Waals surface area contributed by atoms with Gasteiger partial charge in [-0.2, -0.15) is 0 Å². The first-order chi connectivity index (χ1) is 11.6. The van der Waals surface area contributed by atoms with Crippen molar-refractivity contribution < 1.29 is 9.53 Å². The van der Waals surface area contributed by atoms with E-state index in [9.17, 15) is 4.79 Å². The third kappa shape index (κ3) is 3.37. The molecule has 0 bridgehead atoms. The Labute approximate surface area is 148 Å². The number of hydrogen-bond donors (Lipinski definition) is 0. The van der Waals surface area contributed by atoms with Gasteiger partial charge in [0.2, 0.25) is 0 Å². The maximum absolute atomic E-state index is 11.8. The Bertz CT molecular complexity index is 843. The Hall–Kier alpha value is -2.12. The van der Waals surface area contributed by atoms with Crippen molar-refractivity contribution in [3.8, 4) is 16.4 Å². The van der Waals surface area contributed by atoms with E-state index in [1.807, 2.05) is 47.2 Å². The molecule has 0 aliphatic heterocycles. The number of aromatic nitrogens is 3. The summed E-state index contributed by atoms with van der Waals surface area (Å²) in [5.41, 5.74) is 2.12. The fraction of sp³-hybridized carbons (Fsp3) is 0.235.